The predicted octanol–water partition coefficient (Wildman–Crippen LogP) is 1.51. The number of aromatic nitrogens is 1. The van der Waals surface area contributed by atoms with E-state index in [4.69, 9.17) is 5.26 Å². The lowest BCUT2D eigenvalue weighted by Gasteiger charge is -2.37. The standard InChI is InChI=1S/C13H18N4/c1-2-12(11-14)16-7-9-17(10-8-16)13-5-3-4-6-15-13/h3-6,12H,2,7-10H2,1H3. The van der Waals surface area contributed by atoms with Crippen molar-refractivity contribution in [3.8, 4) is 6.07 Å². The smallest absolute Gasteiger partial charge is 0.128 e. The lowest BCUT2D eigenvalue weighted by molar-refractivity contribution is 0.216. The molecule has 1 atom stereocenters. The van der Waals surface area contributed by atoms with Gasteiger partial charge in [-0.2, -0.15) is 5.26 Å². The zero-order chi connectivity index (χ0) is 12.1. The highest BCUT2D eigenvalue weighted by molar-refractivity contribution is 5.38. The highest BCUT2D eigenvalue weighted by Crippen LogP contribution is 2.14. The van der Waals surface area contributed by atoms with E-state index in [1.54, 1.807) is 0 Å². The first kappa shape index (κ1) is 11.9. The van der Waals surface area contributed by atoms with Crippen LogP contribution in [0.1, 0.15) is 13.3 Å². The van der Waals surface area contributed by atoms with Gasteiger partial charge >= 0.3 is 0 Å². The van der Waals surface area contributed by atoms with Crippen LogP contribution < -0.4 is 4.90 Å². The van der Waals surface area contributed by atoms with Crippen molar-refractivity contribution in [1.29, 1.82) is 5.26 Å². The number of rotatable bonds is 3. The lowest BCUT2D eigenvalue weighted by Crippen LogP contribution is -2.50. The molecule has 4 nitrogen and oxygen atoms in total. The second kappa shape index (κ2) is 5.65. The maximum absolute atomic E-state index is 9.04. The number of anilines is 1. The van der Waals surface area contributed by atoms with E-state index >= 15 is 0 Å². The van der Waals surface area contributed by atoms with Gasteiger partial charge in [0.2, 0.25) is 0 Å². The molecular weight excluding hydrogens is 212 g/mol. The molecule has 0 N–H and O–H groups in total. The zero-order valence-corrected chi connectivity index (χ0v) is 10.2. The van der Waals surface area contributed by atoms with Crippen LogP contribution in [0.15, 0.2) is 24.4 Å². The number of hydrogen-bond donors (Lipinski definition) is 0. The Morgan fingerprint density at radius 1 is 1.35 bits per heavy atom. The summed E-state index contributed by atoms with van der Waals surface area (Å²) in [6, 6.07) is 8.42. The van der Waals surface area contributed by atoms with Crippen molar-refractivity contribution in [2.24, 2.45) is 0 Å². The Morgan fingerprint density at radius 2 is 2.12 bits per heavy atom. The third kappa shape index (κ3) is 2.75. The van der Waals surface area contributed by atoms with E-state index in [9.17, 15) is 0 Å². The Labute approximate surface area is 102 Å². The molecular formula is C13H18N4. The fourth-order valence-electron chi connectivity index (χ4n) is 2.23. The number of nitrogens with zero attached hydrogens (tertiary/aromatic N) is 4. The summed E-state index contributed by atoms with van der Waals surface area (Å²) in [5.41, 5.74) is 0. The van der Waals surface area contributed by atoms with E-state index in [-0.39, 0.29) is 6.04 Å². The van der Waals surface area contributed by atoms with Crippen LogP contribution in [0, 0.1) is 11.3 Å². The molecule has 90 valence electrons. The normalized spacial score (nSPS) is 18.7. The van der Waals surface area contributed by atoms with Crippen molar-refractivity contribution >= 4 is 5.82 Å². The number of pyridine rings is 1. The Morgan fingerprint density at radius 3 is 2.65 bits per heavy atom. The fraction of sp³-hybridized carbons (Fsp3) is 0.538. The van der Waals surface area contributed by atoms with E-state index in [1.807, 2.05) is 24.4 Å². The minimum absolute atomic E-state index is 0.0703. The minimum atomic E-state index is 0.0703. The SMILES string of the molecule is CCC(C#N)N1CCN(c2ccccn2)CC1. The van der Waals surface area contributed by atoms with Crippen LogP contribution in [0.3, 0.4) is 0 Å². The molecule has 1 aromatic heterocycles. The summed E-state index contributed by atoms with van der Waals surface area (Å²) < 4.78 is 0. The van der Waals surface area contributed by atoms with Crippen molar-refractivity contribution < 1.29 is 0 Å². The summed E-state index contributed by atoms with van der Waals surface area (Å²) in [5, 5.41) is 9.04. The summed E-state index contributed by atoms with van der Waals surface area (Å²) in [4.78, 5) is 8.90. The maximum Gasteiger partial charge on any atom is 0.128 e. The second-order valence-corrected chi connectivity index (χ2v) is 4.26. The van der Waals surface area contributed by atoms with Crippen LogP contribution in [0.5, 0.6) is 0 Å². The molecule has 1 fully saturated rings. The van der Waals surface area contributed by atoms with Gasteiger partial charge in [-0.15, -0.1) is 0 Å². The van der Waals surface area contributed by atoms with Crippen LogP contribution in [0.25, 0.3) is 0 Å². The van der Waals surface area contributed by atoms with E-state index < -0.39 is 0 Å². The van der Waals surface area contributed by atoms with Gasteiger partial charge in [0.15, 0.2) is 0 Å². The molecule has 0 radical (unpaired) electrons. The predicted molar refractivity (Wildman–Crippen MR) is 67.7 cm³/mol. The van der Waals surface area contributed by atoms with Gasteiger partial charge in [-0.1, -0.05) is 13.0 Å². The molecule has 2 heterocycles. The summed E-state index contributed by atoms with van der Waals surface area (Å²) >= 11 is 0. The highest BCUT2D eigenvalue weighted by Gasteiger charge is 2.22. The number of piperazine rings is 1. The quantitative estimate of drug-likeness (QED) is 0.789. The molecule has 2 rings (SSSR count). The van der Waals surface area contributed by atoms with Crippen LogP contribution in [0.2, 0.25) is 0 Å². The van der Waals surface area contributed by atoms with Gasteiger partial charge in [-0.25, -0.2) is 4.98 Å². The molecule has 1 aromatic rings. The van der Waals surface area contributed by atoms with Crippen molar-refractivity contribution in [2.75, 3.05) is 31.1 Å². The Kier molecular flexibility index (Phi) is 3.94. The summed E-state index contributed by atoms with van der Waals surface area (Å²) in [7, 11) is 0. The Bertz CT molecular complexity index is 376. The number of nitriles is 1. The van der Waals surface area contributed by atoms with Crippen LogP contribution in [-0.4, -0.2) is 42.1 Å². The third-order valence-electron chi connectivity index (χ3n) is 3.26. The first-order valence-corrected chi connectivity index (χ1v) is 6.14. The van der Waals surface area contributed by atoms with Crippen LogP contribution in [0.4, 0.5) is 5.82 Å². The second-order valence-electron chi connectivity index (χ2n) is 4.26. The van der Waals surface area contributed by atoms with Gasteiger partial charge in [-0.05, 0) is 18.6 Å². The van der Waals surface area contributed by atoms with Crippen LogP contribution >= 0.6 is 0 Å². The molecule has 1 saturated heterocycles. The molecule has 0 aliphatic carbocycles. The molecule has 17 heavy (non-hydrogen) atoms. The topological polar surface area (TPSA) is 43.2 Å². The maximum atomic E-state index is 9.04. The van der Waals surface area contributed by atoms with E-state index in [0.29, 0.717) is 0 Å². The van der Waals surface area contributed by atoms with Gasteiger partial charge in [0.1, 0.15) is 5.82 Å². The van der Waals surface area contributed by atoms with Gasteiger partial charge in [-0.3, -0.25) is 4.90 Å². The third-order valence-corrected chi connectivity index (χ3v) is 3.26. The van der Waals surface area contributed by atoms with E-state index in [0.717, 1.165) is 38.4 Å². The molecule has 0 amide bonds. The molecule has 0 spiro atoms. The monoisotopic (exact) mass is 230 g/mol. The van der Waals surface area contributed by atoms with Gasteiger partial charge in [0.05, 0.1) is 12.1 Å². The molecule has 1 aliphatic rings. The van der Waals surface area contributed by atoms with Crippen molar-refractivity contribution in [2.45, 2.75) is 19.4 Å². The molecule has 0 bridgehead atoms. The average molecular weight is 230 g/mol. The molecule has 4 heteroatoms. The van der Waals surface area contributed by atoms with Crippen molar-refractivity contribution in [3.05, 3.63) is 24.4 Å². The molecule has 1 unspecified atom stereocenters. The zero-order valence-electron chi connectivity index (χ0n) is 10.2. The summed E-state index contributed by atoms with van der Waals surface area (Å²) in [6.07, 6.45) is 2.73. The summed E-state index contributed by atoms with van der Waals surface area (Å²) in [6.45, 7) is 5.87. The molecule has 1 aliphatic heterocycles. The fourth-order valence-corrected chi connectivity index (χ4v) is 2.23. The largest absolute Gasteiger partial charge is 0.354 e. The van der Waals surface area contributed by atoms with Gasteiger partial charge in [0.25, 0.3) is 0 Å². The average Bonchev–Trinajstić information content (AvgIpc) is 2.42. The van der Waals surface area contributed by atoms with Crippen LogP contribution in [-0.2, 0) is 0 Å². The van der Waals surface area contributed by atoms with Crippen molar-refractivity contribution in [1.82, 2.24) is 9.88 Å². The Hall–Kier alpha value is -1.60. The highest BCUT2D eigenvalue weighted by atomic mass is 15.3. The lowest BCUT2D eigenvalue weighted by atomic mass is 10.2. The van der Waals surface area contributed by atoms with Gasteiger partial charge < -0.3 is 4.90 Å². The molecule has 0 saturated carbocycles. The minimum Gasteiger partial charge on any atom is -0.354 e. The van der Waals surface area contributed by atoms with Gasteiger partial charge in [0, 0.05) is 32.4 Å². The van der Waals surface area contributed by atoms with E-state index in [2.05, 4.69) is 27.8 Å². The Balaban J connectivity index is 1.93. The molecule has 0 aromatic carbocycles. The first-order chi connectivity index (χ1) is 8.35. The number of hydrogen-bond acceptors (Lipinski definition) is 4. The summed E-state index contributed by atoms with van der Waals surface area (Å²) in [5.74, 6) is 1.04. The first-order valence-electron chi connectivity index (χ1n) is 6.14. The van der Waals surface area contributed by atoms with Crippen molar-refractivity contribution in [3.63, 3.8) is 0 Å². The van der Waals surface area contributed by atoms with E-state index in [1.165, 1.54) is 0 Å².